The summed E-state index contributed by atoms with van der Waals surface area (Å²) in [6, 6.07) is 9.08. The summed E-state index contributed by atoms with van der Waals surface area (Å²) >= 11 is 5.79. The number of amides is 1. The third-order valence-electron chi connectivity index (χ3n) is 3.38. The van der Waals surface area contributed by atoms with Crippen LogP contribution in [-0.4, -0.2) is 12.5 Å². The van der Waals surface area contributed by atoms with Crippen LogP contribution >= 0.6 is 11.6 Å². The Hall–Kier alpha value is -2.45. The zero-order valence-corrected chi connectivity index (χ0v) is 13.7. The molecule has 0 aliphatic heterocycles. The summed E-state index contributed by atoms with van der Waals surface area (Å²) in [7, 11) is 0. The van der Waals surface area contributed by atoms with E-state index in [0.29, 0.717) is 35.1 Å². The average Bonchev–Trinajstić information content (AvgIpc) is 2.79. The second-order valence-electron chi connectivity index (χ2n) is 5.05. The average molecular weight is 333 g/mol. The second kappa shape index (κ2) is 7.70. The fraction of sp³-hybridized carbons (Fsp3) is 0.294. The van der Waals surface area contributed by atoms with E-state index in [-0.39, 0.29) is 18.2 Å². The SMILES string of the molecule is Cc1oc(NC(=O)CCCOc2ccc(Cl)cc2)c(C#N)c1C. The molecule has 120 valence electrons. The zero-order chi connectivity index (χ0) is 16.8. The number of halogens is 1. The predicted molar refractivity (Wildman–Crippen MR) is 87.7 cm³/mol. The van der Waals surface area contributed by atoms with Crippen LogP contribution < -0.4 is 10.1 Å². The molecule has 0 unspecified atom stereocenters. The van der Waals surface area contributed by atoms with Gasteiger partial charge >= 0.3 is 0 Å². The van der Waals surface area contributed by atoms with Gasteiger partial charge in [-0.3, -0.25) is 10.1 Å². The number of nitrogens with zero attached hydrogens (tertiary/aromatic N) is 1. The number of anilines is 1. The highest BCUT2D eigenvalue weighted by Crippen LogP contribution is 2.25. The molecule has 0 bridgehead atoms. The smallest absolute Gasteiger partial charge is 0.226 e. The minimum Gasteiger partial charge on any atom is -0.494 e. The topological polar surface area (TPSA) is 75.3 Å². The molecule has 0 aliphatic carbocycles. The highest BCUT2D eigenvalue weighted by Gasteiger charge is 2.16. The molecule has 0 atom stereocenters. The number of nitrogens with one attached hydrogen (secondary N) is 1. The third-order valence-corrected chi connectivity index (χ3v) is 3.63. The Morgan fingerprint density at radius 2 is 2.04 bits per heavy atom. The Morgan fingerprint density at radius 3 is 2.70 bits per heavy atom. The van der Waals surface area contributed by atoms with Crippen molar-refractivity contribution in [2.45, 2.75) is 26.7 Å². The van der Waals surface area contributed by atoms with Crippen LogP contribution in [0.4, 0.5) is 5.88 Å². The molecular weight excluding hydrogens is 316 g/mol. The van der Waals surface area contributed by atoms with E-state index in [1.165, 1.54) is 0 Å². The van der Waals surface area contributed by atoms with Gasteiger partial charge in [0.25, 0.3) is 0 Å². The molecule has 1 heterocycles. The molecule has 1 amide bonds. The van der Waals surface area contributed by atoms with Gasteiger partial charge in [0.1, 0.15) is 23.1 Å². The van der Waals surface area contributed by atoms with Gasteiger partial charge < -0.3 is 9.15 Å². The number of nitriles is 1. The Bertz CT molecular complexity index is 730. The van der Waals surface area contributed by atoms with Crippen LogP contribution in [0.15, 0.2) is 28.7 Å². The van der Waals surface area contributed by atoms with Crippen molar-refractivity contribution in [2.75, 3.05) is 11.9 Å². The van der Waals surface area contributed by atoms with Crippen LogP contribution in [-0.2, 0) is 4.79 Å². The van der Waals surface area contributed by atoms with Crippen LogP contribution in [0.2, 0.25) is 5.02 Å². The van der Waals surface area contributed by atoms with Crippen molar-refractivity contribution >= 4 is 23.4 Å². The summed E-state index contributed by atoms with van der Waals surface area (Å²) in [5, 5.41) is 12.4. The van der Waals surface area contributed by atoms with E-state index < -0.39 is 0 Å². The molecule has 1 aromatic heterocycles. The number of carbonyl (C=O) groups is 1. The normalized spacial score (nSPS) is 10.2. The number of rotatable bonds is 6. The number of benzene rings is 1. The molecular formula is C17H17ClN2O3. The molecule has 5 nitrogen and oxygen atoms in total. The summed E-state index contributed by atoms with van der Waals surface area (Å²) in [4.78, 5) is 11.9. The van der Waals surface area contributed by atoms with Crippen molar-refractivity contribution in [3.63, 3.8) is 0 Å². The first-order valence-corrected chi connectivity index (χ1v) is 7.57. The van der Waals surface area contributed by atoms with Crippen molar-refractivity contribution in [3.8, 4) is 11.8 Å². The Morgan fingerprint density at radius 1 is 1.35 bits per heavy atom. The molecule has 1 N–H and O–H groups in total. The molecule has 0 fully saturated rings. The molecule has 0 aliphatic rings. The van der Waals surface area contributed by atoms with Crippen LogP contribution in [0.25, 0.3) is 0 Å². The lowest BCUT2D eigenvalue weighted by atomic mass is 10.2. The molecule has 0 radical (unpaired) electrons. The highest BCUT2D eigenvalue weighted by atomic mass is 35.5. The van der Waals surface area contributed by atoms with Gasteiger partial charge in [-0.2, -0.15) is 5.26 Å². The fourth-order valence-electron chi connectivity index (χ4n) is 1.99. The zero-order valence-electron chi connectivity index (χ0n) is 13.0. The maximum absolute atomic E-state index is 11.9. The quantitative estimate of drug-likeness (QED) is 0.803. The van der Waals surface area contributed by atoms with Gasteiger partial charge in [0.05, 0.1) is 6.61 Å². The van der Waals surface area contributed by atoms with Gasteiger partial charge in [0, 0.05) is 17.0 Å². The molecule has 0 saturated heterocycles. The summed E-state index contributed by atoms with van der Waals surface area (Å²) in [5.74, 6) is 1.34. The molecule has 0 saturated carbocycles. The number of carbonyl (C=O) groups excluding carboxylic acids is 1. The van der Waals surface area contributed by atoms with Crippen molar-refractivity contribution in [3.05, 3.63) is 46.2 Å². The maximum Gasteiger partial charge on any atom is 0.226 e. The fourth-order valence-corrected chi connectivity index (χ4v) is 2.12. The van der Waals surface area contributed by atoms with E-state index in [4.69, 9.17) is 26.0 Å². The van der Waals surface area contributed by atoms with Gasteiger partial charge in [-0.1, -0.05) is 11.6 Å². The molecule has 23 heavy (non-hydrogen) atoms. The second-order valence-corrected chi connectivity index (χ2v) is 5.49. The van der Waals surface area contributed by atoms with Crippen molar-refractivity contribution in [1.29, 1.82) is 5.26 Å². The van der Waals surface area contributed by atoms with Gasteiger partial charge in [0.15, 0.2) is 0 Å². The Labute approximate surface area is 139 Å². The first-order chi connectivity index (χ1) is 11.0. The summed E-state index contributed by atoms with van der Waals surface area (Å²) in [6.45, 7) is 3.95. The van der Waals surface area contributed by atoms with Crippen LogP contribution in [0.5, 0.6) is 5.75 Å². The largest absolute Gasteiger partial charge is 0.494 e. The first-order valence-electron chi connectivity index (χ1n) is 7.19. The molecule has 1 aromatic carbocycles. The Kier molecular flexibility index (Phi) is 5.67. The van der Waals surface area contributed by atoms with Crippen molar-refractivity contribution in [1.82, 2.24) is 0 Å². The van der Waals surface area contributed by atoms with E-state index in [9.17, 15) is 4.79 Å². The number of furan rings is 1. The van der Waals surface area contributed by atoms with E-state index in [1.807, 2.05) is 6.07 Å². The highest BCUT2D eigenvalue weighted by molar-refractivity contribution is 6.30. The lowest BCUT2D eigenvalue weighted by Gasteiger charge is -2.06. The lowest BCUT2D eigenvalue weighted by Crippen LogP contribution is -2.13. The van der Waals surface area contributed by atoms with Crippen LogP contribution in [0, 0.1) is 25.2 Å². The van der Waals surface area contributed by atoms with Crippen molar-refractivity contribution < 1.29 is 13.9 Å². The van der Waals surface area contributed by atoms with E-state index >= 15 is 0 Å². The minimum atomic E-state index is -0.213. The first kappa shape index (κ1) is 16.9. The maximum atomic E-state index is 11.9. The molecule has 6 heteroatoms. The van der Waals surface area contributed by atoms with Gasteiger partial charge in [-0.05, 0) is 44.5 Å². The lowest BCUT2D eigenvalue weighted by molar-refractivity contribution is -0.116. The summed E-state index contributed by atoms with van der Waals surface area (Å²) in [5.41, 5.74) is 1.11. The molecule has 0 spiro atoms. The number of hydrogen-bond acceptors (Lipinski definition) is 4. The standard InChI is InChI=1S/C17H17ClN2O3/c1-11-12(2)23-17(15(11)10-19)20-16(21)4-3-9-22-14-7-5-13(18)6-8-14/h5-8H,3-4,9H2,1-2H3,(H,20,21). The van der Waals surface area contributed by atoms with E-state index in [0.717, 1.165) is 5.56 Å². The summed E-state index contributed by atoms with van der Waals surface area (Å²) < 4.78 is 10.9. The van der Waals surface area contributed by atoms with Crippen molar-refractivity contribution in [2.24, 2.45) is 0 Å². The molecule has 2 aromatic rings. The van der Waals surface area contributed by atoms with Gasteiger partial charge in [-0.15, -0.1) is 0 Å². The van der Waals surface area contributed by atoms with Crippen LogP contribution in [0.3, 0.4) is 0 Å². The predicted octanol–water partition coefficient (Wildman–Crippen LogP) is 4.22. The van der Waals surface area contributed by atoms with E-state index in [1.54, 1.807) is 38.1 Å². The minimum absolute atomic E-state index is 0.213. The Balaban J connectivity index is 1.78. The molecule has 2 rings (SSSR count). The number of ether oxygens (including phenoxy) is 1. The van der Waals surface area contributed by atoms with Crippen LogP contribution in [0.1, 0.15) is 29.7 Å². The number of hydrogen-bond donors (Lipinski definition) is 1. The van der Waals surface area contributed by atoms with Gasteiger partial charge in [-0.25, -0.2) is 0 Å². The summed E-state index contributed by atoms with van der Waals surface area (Å²) in [6.07, 6.45) is 0.826. The van der Waals surface area contributed by atoms with E-state index in [2.05, 4.69) is 5.32 Å². The van der Waals surface area contributed by atoms with Gasteiger partial charge in [0.2, 0.25) is 11.8 Å². The number of aryl methyl sites for hydroxylation is 1. The third kappa shape index (κ3) is 4.51. The monoisotopic (exact) mass is 332 g/mol.